The quantitative estimate of drug-likeness (QED) is 0.141. The van der Waals surface area contributed by atoms with Gasteiger partial charge in [-0.3, -0.25) is 4.57 Å². The standard InChI is InChI=1S/C47H30N2/c1-2-12-37(13-3-1)49-45-17-9-8-16-44(45)48-47(49)36-24-20-32(21-25-36)31-18-22-35(23-19-31)46-40-28-26-33-10-4-6-14-38(33)42(40)30-43-39-15-7-5-11-34(39)27-29-41(43)46/h1-30H. The van der Waals surface area contributed by atoms with Gasteiger partial charge in [-0.1, -0.05) is 152 Å². The molecule has 49 heavy (non-hydrogen) atoms. The van der Waals surface area contributed by atoms with Crippen molar-refractivity contribution in [2.45, 2.75) is 0 Å². The fourth-order valence-corrected chi connectivity index (χ4v) is 7.64. The molecule has 0 N–H and O–H groups in total. The molecule has 2 nitrogen and oxygen atoms in total. The van der Waals surface area contributed by atoms with Crippen molar-refractivity contribution < 1.29 is 0 Å². The number of rotatable bonds is 4. The lowest BCUT2D eigenvalue weighted by Gasteiger charge is -2.16. The Morgan fingerprint density at radius 2 is 0.857 bits per heavy atom. The minimum atomic E-state index is 0.942. The van der Waals surface area contributed by atoms with E-state index >= 15 is 0 Å². The molecule has 0 atom stereocenters. The van der Waals surface area contributed by atoms with E-state index in [0.29, 0.717) is 0 Å². The number of hydrogen-bond donors (Lipinski definition) is 0. The number of nitrogens with zero attached hydrogens (tertiary/aromatic N) is 2. The summed E-state index contributed by atoms with van der Waals surface area (Å²) in [7, 11) is 0. The Kier molecular flexibility index (Phi) is 6.22. The van der Waals surface area contributed by atoms with Crippen molar-refractivity contribution >= 4 is 54.1 Å². The summed E-state index contributed by atoms with van der Waals surface area (Å²) in [6.07, 6.45) is 0. The molecule has 1 heterocycles. The van der Waals surface area contributed by atoms with Crippen LogP contribution in [0, 0.1) is 0 Å². The van der Waals surface area contributed by atoms with Crippen LogP contribution in [0.4, 0.5) is 0 Å². The Morgan fingerprint density at radius 3 is 1.49 bits per heavy atom. The second-order valence-electron chi connectivity index (χ2n) is 12.8. The molecule has 10 aromatic rings. The van der Waals surface area contributed by atoms with Gasteiger partial charge in [-0.05, 0) is 95.7 Å². The van der Waals surface area contributed by atoms with Gasteiger partial charge in [-0.25, -0.2) is 4.98 Å². The lowest BCUT2D eigenvalue weighted by molar-refractivity contribution is 1.10. The smallest absolute Gasteiger partial charge is 0.145 e. The van der Waals surface area contributed by atoms with E-state index in [0.717, 1.165) is 28.1 Å². The summed E-state index contributed by atoms with van der Waals surface area (Å²) in [4.78, 5) is 5.06. The van der Waals surface area contributed by atoms with Crippen molar-refractivity contribution in [2.75, 3.05) is 0 Å². The first-order valence-electron chi connectivity index (χ1n) is 16.8. The van der Waals surface area contributed by atoms with Crippen LogP contribution in [-0.4, -0.2) is 9.55 Å². The minimum absolute atomic E-state index is 0.942. The number of para-hydroxylation sites is 3. The predicted molar refractivity (Wildman–Crippen MR) is 207 cm³/mol. The van der Waals surface area contributed by atoms with E-state index in [2.05, 4.69) is 180 Å². The monoisotopic (exact) mass is 622 g/mol. The van der Waals surface area contributed by atoms with Crippen LogP contribution >= 0.6 is 0 Å². The third kappa shape index (κ3) is 4.46. The molecule has 0 fully saturated rings. The van der Waals surface area contributed by atoms with Gasteiger partial charge < -0.3 is 0 Å². The fraction of sp³-hybridized carbons (Fsp3) is 0. The average Bonchev–Trinajstić information content (AvgIpc) is 3.57. The van der Waals surface area contributed by atoms with Crippen molar-refractivity contribution in [1.82, 2.24) is 9.55 Å². The molecule has 0 unspecified atom stereocenters. The molecule has 0 bridgehead atoms. The average molecular weight is 623 g/mol. The lowest BCUT2D eigenvalue weighted by Crippen LogP contribution is -1.97. The van der Waals surface area contributed by atoms with Crippen molar-refractivity contribution in [1.29, 1.82) is 0 Å². The summed E-state index contributed by atoms with van der Waals surface area (Å²) in [6.45, 7) is 0. The molecule has 0 saturated heterocycles. The summed E-state index contributed by atoms with van der Waals surface area (Å²) < 4.78 is 2.25. The van der Waals surface area contributed by atoms with Crippen LogP contribution in [0.1, 0.15) is 0 Å². The number of hydrogen-bond acceptors (Lipinski definition) is 1. The highest BCUT2D eigenvalue weighted by atomic mass is 15.1. The Hall–Kier alpha value is -6.51. The minimum Gasteiger partial charge on any atom is -0.292 e. The molecule has 9 aromatic carbocycles. The van der Waals surface area contributed by atoms with Crippen LogP contribution in [0.25, 0.3) is 93.5 Å². The molecule has 228 valence electrons. The van der Waals surface area contributed by atoms with Crippen molar-refractivity contribution in [3.05, 3.63) is 182 Å². The van der Waals surface area contributed by atoms with Crippen LogP contribution in [0.5, 0.6) is 0 Å². The molecular formula is C47H30N2. The molecule has 0 aliphatic rings. The SMILES string of the molecule is c1ccc(-n2c(-c3ccc(-c4ccc(-c5c6ccc7ccccc7c6cc6c5ccc5ccccc56)cc4)cc3)nc3ccccc32)cc1. The van der Waals surface area contributed by atoms with Gasteiger partial charge in [0.1, 0.15) is 5.82 Å². The van der Waals surface area contributed by atoms with Crippen LogP contribution in [0.2, 0.25) is 0 Å². The number of imidazole rings is 1. The number of fused-ring (bicyclic) bond motifs is 7. The van der Waals surface area contributed by atoms with Gasteiger partial charge in [0.25, 0.3) is 0 Å². The van der Waals surface area contributed by atoms with Crippen LogP contribution < -0.4 is 0 Å². The van der Waals surface area contributed by atoms with E-state index in [4.69, 9.17) is 4.98 Å². The summed E-state index contributed by atoms with van der Waals surface area (Å²) in [5.74, 6) is 0.942. The maximum Gasteiger partial charge on any atom is 0.145 e. The Bertz CT molecular complexity index is 2750. The predicted octanol–water partition coefficient (Wildman–Crippen LogP) is 12.6. The topological polar surface area (TPSA) is 17.8 Å². The van der Waals surface area contributed by atoms with Crippen molar-refractivity contribution in [2.24, 2.45) is 0 Å². The van der Waals surface area contributed by atoms with Crippen molar-refractivity contribution in [3.63, 3.8) is 0 Å². The summed E-state index contributed by atoms with van der Waals surface area (Å²) in [6, 6.07) is 65.7. The van der Waals surface area contributed by atoms with Gasteiger partial charge in [-0.15, -0.1) is 0 Å². The summed E-state index contributed by atoms with van der Waals surface area (Å²) in [5, 5.41) is 10.2. The first-order valence-corrected chi connectivity index (χ1v) is 16.8. The van der Waals surface area contributed by atoms with Gasteiger partial charge >= 0.3 is 0 Å². The number of aromatic nitrogens is 2. The van der Waals surface area contributed by atoms with Gasteiger partial charge in [0, 0.05) is 11.3 Å². The second kappa shape index (κ2) is 11.0. The molecule has 0 radical (unpaired) electrons. The van der Waals surface area contributed by atoms with E-state index < -0.39 is 0 Å². The molecule has 0 spiro atoms. The zero-order chi connectivity index (χ0) is 32.3. The van der Waals surface area contributed by atoms with Crippen LogP contribution in [0.15, 0.2) is 182 Å². The lowest BCUT2D eigenvalue weighted by atomic mass is 9.87. The molecular weight excluding hydrogens is 593 g/mol. The van der Waals surface area contributed by atoms with Crippen molar-refractivity contribution in [3.8, 4) is 39.3 Å². The maximum atomic E-state index is 5.06. The van der Waals surface area contributed by atoms with E-state index in [1.165, 1.54) is 65.3 Å². The molecule has 2 heteroatoms. The molecule has 0 saturated carbocycles. The highest BCUT2D eigenvalue weighted by molar-refractivity contribution is 6.24. The normalized spacial score (nSPS) is 11.7. The Labute approximate surface area is 284 Å². The summed E-state index contributed by atoms with van der Waals surface area (Å²) in [5.41, 5.74) is 9.15. The van der Waals surface area contributed by atoms with Gasteiger partial charge in [0.15, 0.2) is 0 Å². The molecule has 0 amide bonds. The van der Waals surface area contributed by atoms with Crippen LogP contribution in [-0.2, 0) is 0 Å². The molecule has 10 rings (SSSR count). The molecule has 0 aliphatic carbocycles. The maximum absolute atomic E-state index is 5.06. The van der Waals surface area contributed by atoms with E-state index in [1.807, 2.05) is 6.07 Å². The third-order valence-corrected chi connectivity index (χ3v) is 9.99. The zero-order valence-corrected chi connectivity index (χ0v) is 26.7. The largest absolute Gasteiger partial charge is 0.292 e. The first kappa shape index (κ1) is 27.6. The molecule has 0 aliphatic heterocycles. The van der Waals surface area contributed by atoms with E-state index in [-0.39, 0.29) is 0 Å². The number of benzene rings is 9. The van der Waals surface area contributed by atoms with Crippen LogP contribution in [0.3, 0.4) is 0 Å². The van der Waals surface area contributed by atoms with E-state index in [1.54, 1.807) is 0 Å². The Balaban J connectivity index is 1.09. The third-order valence-electron chi connectivity index (χ3n) is 9.99. The van der Waals surface area contributed by atoms with Gasteiger partial charge in [0.2, 0.25) is 0 Å². The second-order valence-corrected chi connectivity index (χ2v) is 12.8. The highest BCUT2D eigenvalue weighted by Gasteiger charge is 2.16. The summed E-state index contributed by atoms with van der Waals surface area (Å²) >= 11 is 0. The van der Waals surface area contributed by atoms with Gasteiger partial charge in [0.05, 0.1) is 11.0 Å². The van der Waals surface area contributed by atoms with E-state index in [9.17, 15) is 0 Å². The highest BCUT2D eigenvalue weighted by Crippen LogP contribution is 2.42. The first-order chi connectivity index (χ1) is 24.3. The van der Waals surface area contributed by atoms with Gasteiger partial charge in [-0.2, -0.15) is 0 Å². The zero-order valence-electron chi connectivity index (χ0n) is 26.7. The molecule has 1 aromatic heterocycles. The fourth-order valence-electron chi connectivity index (χ4n) is 7.64. The Morgan fingerprint density at radius 1 is 0.347 bits per heavy atom.